The van der Waals surface area contributed by atoms with E-state index in [0.717, 1.165) is 16.9 Å². The predicted octanol–water partition coefficient (Wildman–Crippen LogP) is 3.43. The largest absolute Gasteiger partial charge is 0.306 e. The van der Waals surface area contributed by atoms with Crippen molar-refractivity contribution in [2.75, 3.05) is 5.32 Å². The molecule has 0 aliphatic carbocycles. The molecule has 1 amide bonds. The van der Waals surface area contributed by atoms with E-state index in [1.54, 1.807) is 24.6 Å². The lowest BCUT2D eigenvalue weighted by Gasteiger charge is -2.11. The van der Waals surface area contributed by atoms with Crippen molar-refractivity contribution >= 4 is 21.7 Å². The van der Waals surface area contributed by atoms with Crippen LogP contribution in [0.1, 0.15) is 35.5 Å². The molecule has 0 aliphatic rings. The second kappa shape index (κ2) is 8.18. The molecule has 1 aromatic heterocycles. The summed E-state index contributed by atoms with van der Waals surface area (Å²) in [7, 11) is -3.60. The minimum atomic E-state index is -3.60. The van der Waals surface area contributed by atoms with Crippen LogP contribution < -0.4 is 10.0 Å². The fourth-order valence-corrected chi connectivity index (χ4v) is 4.07. The number of nitrogens with one attached hydrogen (secondary N) is 2. The SMILES string of the molecule is Cc1ccc(-n2nc(C)cc2NC(=O)c2ccc(S(=O)(=O)NC(C)C)cc2)cc1. The second-order valence-corrected chi connectivity index (χ2v) is 8.89. The number of amides is 1. The highest BCUT2D eigenvalue weighted by Gasteiger charge is 2.17. The van der Waals surface area contributed by atoms with Crippen molar-refractivity contribution in [1.82, 2.24) is 14.5 Å². The van der Waals surface area contributed by atoms with E-state index in [1.807, 2.05) is 38.1 Å². The van der Waals surface area contributed by atoms with E-state index >= 15 is 0 Å². The Morgan fingerprint density at radius 3 is 2.21 bits per heavy atom. The van der Waals surface area contributed by atoms with Crippen LogP contribution in [0, 0.1) is 13.8 Å². The molecule has 29 heavy (non-hydrogen) atoms. The molecule has 3 aromatic rings. The van der Waals surface area contributed by atoms with Gasteiger partial charge >= 0.3 is 0 Å². The molecule has 0 unspecified atom stereocenters. The zero-order valence-electron chi connectivity index (χ0n) is 16.8. The summed E-state index contributed by atoms with van der Waals surface area (Å²) in [6, 6.07) is 15.2. The lowest BCUT2D eigenvalue weighted by atomic mass is 10.2. The van der Waals surface area contributed by atoms with E-state index in [9.17, 15) is 13.2 Å². The first-order chi connectivity index (χ1) is 13.7. The van der Waals surface area contributed by atoms with Crippen LogP contribution in [0.4, 0.5) is 5.82 Å². The molecule has 0 radical (unpaired) electrons. The van der Waals surface area contributed by atoms with Crippen LogP contribution in [0.15, 0.2) is 59.5 Å². The number of aromatic nitrogens is 2. The molecule has 2 aromatic carbocycles. The Bertz CT molecular complexity index is 1120. The van der Waals surface area contributed by atoms with Crippen molar-refractivity contribution < 1.29 is 13.2 Å². The van der Waals surface area contributed by atoms with Crippen LogP contribution in [0.25, 0.3) is 5.69 Å². The van der Waals surface area contributed by atoms with Crippen LogP contribution in [-0.2, 0) is 10.0 Å². The van der Waals surface area contributed by atoms with Gasteiger partial charge in [0.25, 0.3) is 5.91 Å². The smallest absolute Gasteiger partial charge is 0.256 e. The average Bonchev–Trinajstić information content (AvgIpc) is 3.01. The zero-order valence-corrected chi connectivity index (χ0v) is 17.6. The number of sulfonamides is 1. The number of hydrogen-bond donors (Lipinski definition) is 2. The van der Waals surface area contributed by atoms with E-state index in [-0.39, 0.29) is 16.8 Å². The maximum Gasteiger partial charge on any atom is 0.256 e. The van der Waals surface area contributed by atoms with Crippen molar-refractivity contribution in [2.45, 2.75) is 38.6 Å². The normalized spacial score (nSPS) is 11.6. The first-order valence-corrected chi connectivity index (χ1v) is 10.7. The molecule has 0 saturated carbocycles. The Hall–Kier alpha value is -2.97. The summed E-state index contributed by atoms with van der Waals surface area (Å²) in [6.45, 7) is 7.35. The fourth-order valence-electron chi connectivity index (χ4n) is 2.82. The van der Waals surface area contributed by atoms with Crippen LogP contribution >= 0.6 is 0 Å². The number of anilines is 1. The number of carbonyl (C=O) groups excluding carboxylic acids is 1. The summed E-state index contributed by atoms with van der Waals surface area (Å²) in [5.41, 5.74) is 3.08. The van der Waals surface area contributed by atoms with Gasteiger partial charge in [-0.2, -0.15) is 5.10 Å². The maximum absolute atomic E-state index is 12.7. The number of nitrogens with zero attached hydrogens (tertiary/aromatic N) is 2. The van der Waals surface area contributed by atoms with Gasteiger partial charge in [-0.1, -0.05) is 17.7 Å². The summed E-state index contributed by atoms with van der Waals surface area (Å²) >= 11 is 0. The molecule has 3 rings (SSSR count). The summed E-state index contributed by atoms with van der Waals surface area (Å²) in [5.74, 6) is 0.188. The summed E-state index contributed by atoms with van der Waals surface area (Å²) < 4.78 is 28.6. The van der Waals surface area contributed by atoms with E-state index < -0.39 is 10.0 Å². The molecule has 0 fully saturated rings. The Morgan fingerprint density at radius 2 is 1.62 bits per heavy atom. The van der Waals surface area contributed by atoms with Crippen molar-refractivity contribution in [3.63, 3.8) is 0 Å². The summed E-state index contributed by atoms with van der Waals surface area (Å²) in [4.78, 5) is 12.8. The van der Waals surface area contributed by atoms with Crippen LogP contribution in [0.5, 0.6) is 0 Å². The van der Waals surface area contributed by atoms with Gasteiger partial charge in [0.2, 0.25) is 10.0 Å². The first-order valence-electron chi connectivity index (χ1n) is 9.23. The monoisotopic (exact) mass is 412 g/mol. The fraction of sp³-hybridized carbons (Fsp3) is 0.238. The lowest BCUT2D eigenvalue weighted by molar-refractivity contribution is 0.102. The highest BCUT2D eigenvalue weighted by molar-refractivity contribution is 7.89. The molecule has 2 N–H and O–H groups in total. The molecule has 7 nitrogen and oxygen atoms in total. The van der Waals surface area contributed by atoms with Gasteiger partial charge < -0.3 is 5.32 Å². The van der Waals surface area contributed by atoms with E-state index in [0.29, 0.717) is 11.4 Å². The summed E-state index contributed by atoms with van der Waals surface area (Å²) in [6.07, 6.45) is 0. The molecule has 1 heterocycles. The van der Waals surface area contributed by atoms with Gasteiger partial charge in [0.05, 0.1) is 16.3 Å². The molecule has 152 valence electrons. The number of benzene rings is 2. The first kappa shape index (κ1) is 20.8. The number of rotatable bonds is 6. The highest BCUT2D eigenvalue weighted by Crippen LogP contribution is 2.19. The lowest BCUT2D eigenvalue weighted by Crippen LogP contribution is -2.30. The third-order valence-electron chi connectivity index (χ3n) is 4.17. The van der Waals surface area contributed by atoms with Crippen molar-refractivity contribution in [2.24, 2.45) is 0 Å². The van der Waals surface area contributed by atoms with Gasteiger partial charge in [0.1, 0.15) is 5.82 Å². The number of aryl methyl sites for hydroxylation is 2. The van der Waals surface area contributed by atoms with Crippen LogP contribution in [0.2, 0.25) is 0 Å². The topological polar surface area (TPSA) is 93.1 Å². The van der Waals surface area contributed by atoms with Gasteiger partial charge in [-0.25, -0.2) is 17.8 Å². The Labute approximate surface area is 170 Å². The van der Waals surface area contributed by atoms with Crippen molar-refractivity contribution in [1.29, 1.82) is 0 Å². The Balaban J connectivity index is 1.82. The zero-order chi connectivity index (χ0) is 21.2. The highest BCUT2D eigenvalue weighted by atomic mass is 32.2. The summed E-state index contributed by atoms with van der Waals surface area (Å²) in [5, 5.41) is 7.29. The maximum atomic E-state index is 12.7. The van der Waals surface area contributed by atoms with E-state index in [2.05, 4.69) is 15.1 Å². The predicted molar refractivity (Wildman–Crippen MR) is 113 cm³/mol. The van der Waals surface area contributed by atoms with Gasteiger partial charge in [-0.3, -0.25) is 4.79 Å². The van der Waals surface area contributed by atoms with Crippen molar-refractivity contribution in [3.05, 3.63) is 71.4 Å². The molecule has 0 aliphatic heterocycles. The number of carbonyl (C=O) groups is 1. The Morgan fingerprint density at radius 1 is 1.00 bits per heavy atom. The van der Waals surface area contributed by atoms with Gasteiger partial charge in [0.15, 0.2) is 0 Å². The van der Waals surface area contributed by atoms with Crippen LogP contribution in [-0.4, -0.2) is 30.1 Å². The molecule has 0 atom stereocenters. The van der Waals surface area contributed by atoms with Crippen LogP contribution in [0.3, 0.4) is 0 Å². The minimum absolute atomic E-state index is 0.114. The second-order valence-electron chi connectivity index (χ2n) is 7.17. The molecular formula is C21H24N4O3S. The Kier molecular flexibility index (Phi) is 5.86. The van der Waals surface area contributed by atoms with E-state index in [4.69, 9.17) is 0 Å². The van der Waals surface area contributed by atoms with Gasteiger partial charge in [-0.15, -0.1) is 0 Å². The molecule has 0 bridgehead atoms. The van der Waals surface area contributed by atoms with E-state index in [1.165, 1.54) is 24.3 Å². The third kappa shape index (κ3) is 4.90. The molecule has 8 heteroatoms. The molecule has 0 spiro atoms. The van der Waals surface area contributed by atoms with Gasteiger partial charge in [0, 0.05) is 17.7 Å². The van der Waals surface area contributed by atoms with Gasteiger partial charge in [-0.05, 0) is 64.1 Å². The number of hydrogen-bond acceptors (Lipinski definition) is 4. The average molecular weight is 413 g/mol. The van der Waals surface area contributed by atoms with Crippen molar-refractivity contribution in [3.8, 4) is 5.69 Å². The standard InChI is InChI=1S/C21H24N4O3S/c1-14(2)24-29(27,28)19-11-7-17(8-12-19)21(26)22-20-13-16(4)23-25(20)18-9-5-15(3)6-10-18/h5-14,24H,1-4H3,(H,22,26). The third-order valence-corrected chi connectivity index (χ3v) is 5.84. The molecule has 0 saturated heterocycles. The minimum Gasteiger partial charge on any atom is -0.306 e. The molecular weight excluding hydrogens is 388 g/mol. The quantitative estimate of drug-likeness (QED) is 0.649.